The SMILES string of the molecule is NC(=O)C1CC(NCc2ccccn2)CCc2ccccc21. The van der Waals surface area contributed by atoms with Crippen LogP contribution in [-0.2, 0) is 17.8 Å². The van der Waals surface area contributed by atoms with Gasteiger partial charge in [0.25, 0.3) is 0 Å². The third kappa shape index (κ3) is 3.34. The molecule has 3 N–H and O–H groups in total. The Morgan fingerprint density at radius 3 is 2.82 bits per heavy atom. The zero-order chi connectivity index (χ0) is 15.4. The summed E-state index contributed by atoms with van der Waals surface area (Å²) >= 11 is 0. The Kier molecular flexibility index (Phi) is 4.49. The standard InChI is InChI=1S/C18H21N3O/c19-18(22)17-11-14(21-12-15-6-3-4-10-20-15)9-8-13-5-1-2-7-16(13)17/h1-7,10,14,17,21H,8-9,11-12H2,(H2,19,22). The van der Waals surface area contributed by atoms with E-state index in [-0.39, 0.29) is 17.9 Å². The maximum atomic E-state index is 11.9. The molecule has 0 bridgehead atoms. The molecule has 114 valence electrons. The van der Waals surface area contributed by atoms with Crippen molar-refractivity contribution >= 4 is 5.91 Å². The fraction of sp³-hybridized carbons (Fsp3) is 0.333. The Bertz CT molecular complexity index is 642. The van der Waals surface area contributed by atoms with Crippen LogP contribution >= 0.6 is 0 Å². The first-order chi connectivity index (χ1) is 10.7. The highest BCUT2D eigenvalue weighted by molar-refractivity contribution is 5.82. The van der Waals surface area contributed by atoms with Crippen LogP contribution in [0.3, 0.4) is 0 Å². The number of nitrogens with zero attached hydrogens (tertiary/aromatic N) is 1. The first-order valence-corrected chi connectivity index (χ1v) is 7.74. The third-order valence-electron chi connectivity index (χ3n) is 4.35. The van der Waals surface area contributed by atoms with Gasteiger partial charge in [0.05, 0.1) is 11.6 Å². The maximum Gasteiger partial charge on any atom is 0.225 e. The number of aromatic nitrogens is 1. The molecule has 4 nitrogen and oxygen atoms in total. The number of amides is 1. The Morgan fingerprint density at radius 1 is 1.23 bits per heavy atom. The van der Waals surface area contributed by atoms with Gasteiger partial charge in [0.1, 0.15) is 0 Å². The normalized spacial score (nSPS) is 20.9. The van der Waals surface area contributed by atoms with Gasteiger partial charge in [-0.2, -0.15) is 0 Å². The summed E-state index contributed by atoms with van der Waals surface area (Å²) in [5.41, 5.74) is 8.99. The maximum absolute atomic E-state index is 11.9. The number of nitrogens with one attached hydrogen (secondary N) is 1. The van der Waals surface area contributed by atoms with Gasteiger partial charge in [-0.25, -0.2) is 0 Å². The first kappa shape index (κ1) is 14.7. The summed E-state index contributed by atoms with van der Waals surface area (Å²) < 4.78 is 0. The van der Waals surface area contributed by atoms with E-state index in [1.54, 1.807) is 6.20 Å². The number of nitrogens with two attached hydrogens (primary N) is 1. The molecule has 0 saturated heterocycles. The summed E-state index contributed by atoms with van der Waals surface area (Å²) in [5.74, 6) is -0.445. The van der Waals surface area contributed by atoms with Crippen molar-refractivity contribution in [2.75, 3.05) is 0 Å². The number of carbonyl (C=O) groups is 1. The van der Waals surface area contributed by atoms with Crippen molar-refractivity contribution in [1.82, 2.24) is 10.3 Å². The van der Waals surface area contributed by atoms with Crippen molar-refractivity contribution < 1.29 is 4.79 Å². The second-order valence-corrected chi connectivity index (χ2v) is 5.83. The molecule has 1 aromatic heterocycles. The Balaban J connectivity index is 1.72. The molecule has 22 heavy (non-hydrogen) atoms. The number of hydrogen-bond donors (Lipinski definition) is 2. The van der Waals surface area contributed by atoms with Gasteiger partial charge in [-0.05, 0) is 42.5 Å². The molecule has 2 unspecified atom stereocenters. The molecule has 1 aromatic carbocycles. The van der Waals surface area contributed by atoms with Crippen LogP contribution in [0, 0.1) is 0 Å². The number of fused-ring (bicyclic) bond motifs is 1. The fourth-order valence-corrected chi connectivity index (χ4v) is 3.17. The summed E-state index contributed by atoms with van der Waals surface area (Å²) in [6.07, 6.45) is 4.53. The van der Waals surface area contributed by atoms with Gasteiger partial charge in [-0.1, -0.05) is 30.3 Å². The second kappa shape index (κ2) is 6.71. The van der Waals surface area contributed by atoms with Gasteiger partial charge in [-0.3, -0.25) is 9.78 Å². The van der Waals surface area contributed by atoms with E-state index >= 15 is 0 Å². The molecule has 0 spiro atoms. The number of aryl methyl sites for hydroxylation is 1. The number of benzene rings is 1. The molecule has 1 heterocycles. The molecule has 0 radical (unpaired) electrons. The van der Waals surface area contributed by atoms with Gasteiger partial charge in [-0.15, -0.1) is 0 Å². The van der Waals surface area contributed by atoms with Crippen LogP contribution in [0.4, 0.5) is 0 Å². The Hall–Kier alpha value is -2.20. The van der Waals surface area contributed by atoms with Crippen LogP contribution in [0.25, 0.3) is 0 Å². The predicted molar refractivity (Wildman–Crippen MR) is 86.2 cm³/mol. The van der Waals surface area contributed by atoms with Crippen LogP contribution in [0.1, 0.15) is 35.6 Å². The largest absolute Gasteiger partial charge is 0.369 e. The van der Waals surface area contributed by atoms with E-state index in [0.29, 0.717) is 6.54 Å². The van der Waals surface area contributed by atoms with Crippen LogP contribution in [0.2, 0.25) is 0 Å². The highest BCUT2D eigenvalue weighted by atomic mass is 16.1. The lowest BCUT2D eigenvalue weighted by Crippen LogP contribution is -2.33. The lowest BCUT2D eigenvalue weighted by Gasteiger charge is -2.20. The molecule has 1 amide bonds. The zero-order valence-electron chi connectivity index (χ0n) is 12.5. The molecular weight excluding hydrogens is 274 g/mol. The lowest BCUT2D eigenvalue weighted by atomic mass is 9.91. The molecule has 0 saturated carbocycles. The highest BCUT2D eigenvalue weighted by Gasteiger charge is 2.27. The number of pyridine rings is 1. The molecule has 0 fully saturated rings. The quantitative estimate of drug-likeness (QED) is 0.849. The summed E-state index contributed by atoms with van der Waals surface area (Å²) in [7, 11) is 0. The van der Waals surface area contributed by atoms with Crippen molar-refractivity contribution in [3.8, 4) is 0 Å². The molecule has 1 aliphatic rings. The molecule has 3 rings (SSSR count). The lowest BCUT2D eigenvalue weighted by molar-refractivity contribution is -0.119. The summed E-state index contributed by atoms with van der Waals surface area (Å²) in [6, 6.07) is 14.3. The summed E-state index contributed by atoms with van der Waals surface area (Å²) in [6.45, 7) is 0.716. The van der Waals surface area contributed by atoms with Crippen LogP contribution in [-0.4, -0.2) is 16.9 Å². The Labute approximate surface area is 130 Å². The molecule has 2 aromatic rings. The van der Waals surface area contributed by atoms with Crippen LogP contribution < -0.4 is 11.1 Å². The first-order valence-electron chi connectivity index (χ1n) is 7.74. The fourth-order valence-electron chi connectivity index (χ4n) is 3.17. The van der Waals surface area contributed by atoms with Crippen LogP contribution in [0.5, 0.6) is 0 Å². The molecular formula is C18H21N3O. The van der Waals surface area contributed by atoms with Crippen molar-refractivity contribution in [2.45, 2.75) is 37.8 Å². The molecule has 1 aliphatic carbocycles. The summed E-state index contributed by atoms with van der Waals surface area (Å²) in [4.78, 5) is 16.2. The Morgan fingerprint density at radius 2 is 2.05 bits per heavy atom. The number of carbonyl (C=O) groups excluding carboxylic acids is 1. The molecule has 2 atom stereocenters. The van der Waals surface area contributed by atoms with E-state index in [9.17, 15) is 4.79 Å². The number of rotatable bonds is 4. The second-order valence-electron chi connectivity index (χ2n) is 5.83. The predicted octanol–water partition coefficient (Wildman–Crippen LogP) is 2.15. The van der Waals surface area contributed by atoms with Crippen molar-refractivity contribution in [2.24, 2.45) is 5.73 Å². The van der Waals surface area contributed by atoms with E-state index in [1.807, 2.05) is 36.4 Å². The van der Waals surface area contributed by atoms with E-state index < -0.39 is 0 Å². The van der Waals surface area contributed by atoms with Gasteiger partial charge in [0.15, 0.2) is 0 Å². The number of hydrogen-bond acceptors (Lipinski definition) is 3. The minimum Gasteiger partial charge on any atom is -0.369 e. The van der Waals surface area contributed by atoms with E-state index in [4.69, 9.17) is 5.73 Å². The highest BCUT2D eigenvalue weighted by Crippen LogP contribution is 2.30. The number of primary amides is 1. The van der Waals surface area contributed by atoms with Crippen LogP contribution in [0.15, 0.2) is 48.7 Å². The average Bonchev–Trinajstić information content (AvgIpc) is 2.74. The van der Waals surface area contributed by atoms with Crippen molar-refractivity contribution in [3.63, 3.8) is 0 Å². The van der Waals surface area contributed by atoms with Crippen molar-refractivity contribution in [3.05, 3.63) is 65.5 Å². The third-order valence-corrected chi connectivity index (χ3v) is 4.35. The zero-order valence-corrected chi connectivity index (χ0v) is 12.5. The van der Waals surface area contributed by atoms with E-state index in [2.05, 4.69) is 16.4 Å². The average molecular weight is 295 g/mol. The van der Waals surface area contributed by atoms with Crippen molar-refractivity contribution in [1.29, 1.82) is 0 Å². The molecule has 0 aliphatic heterocycles. The molecule has 4 heteroatoms. The summed E-state index contributed by atoms with van der Waals surface area (Å²) in [5, 5.41) is 3.53. The minimum atomic E-state index is -0.237. The topological polar surface area (TPSA) is 68.0 Å². The van der Waals surface area contributed by atoms with E-state index in [1.165, 1.54) is 5.56 Å². The van der Waals surface area contributed by atoms with E-state index in [0.717, 1.165) is 30.5 Å². The monoisotopic (exact) mass is 295 g/mol. The van der Waals surface area contributed by atoms with Gasteiger partial charge < -0.3 is 11.1 Å². The van der Waals surface area contributed by atoms with Gasteiger partial charge in [0, 0.05) is 18.8 Å². The van der Waals surface area contributed by atoms with Gasteiger partial charge in [0.2, 0.25) is 5.91 Å². The van der Waals surface area contributed by atoms with Gasteiger partial charge >= 0.3 is 0 Å². The minimum absolute atomic E-state index is 0.208. The smallest absolute Gasteiger partial charge is 0.225 e.